The smallest absolute Gasteiger partial charge is 0.167 e. The van der Waals surface area contributed by atoms with Crippen LogP contribution in [0.2, 0.25) is 0 Å². The first kappa shape index (κ1) is 15.1. The third-order valence-corrected chi connectivity index (χ3v) is 3.50. The van der Waals surface area contributed by atoms with Crippen molar-refractivity contribution in [3.05, 3.63) is 58.7 Å². The van der Waals surface area contributed by atoms with Gasteiger partial charge in [0, 0.05) is 17.5 Å². The number of carbonyl (C=O) groups excluding carboxylic acids is 1. The Labute approximate surface area is 125 Å². The Hall–Kier alpha value is -2.29. The molecule has 0 bridgehead atoms. The first-order chi connectivity index (χ1) is 10.0. The van der Waals surface area contributed by atoms with E-state index in [1.807, 2.05) is 44.2 Å². The fraction of sp³-hybridized carbons (Fsp3) is 0.278. The SMILES string of the molecule is COc1ccc(C(=O)Cc2cc(C)ccc2OC)cc1C. The fourth-order valence-electron chi connectivity index (χ4n) is 2.37. The molecule has 3 nitrogen and oxygen atoms in total. The summed E-state index contributed by atoms with van der Waals surface area (Å²) in [5, 5.41) is 0. The number of Topliss-reactive ketones (excluding diaryl/α,β-unsaturated/α-hetero) is 1. The molecule has 0 unspecified atom stereocenters. The first-order valence-corrected chi connectivity index (χ1v) is 6.86. The van der Waals surface area contributed by atoms with E-state index in [-0.39, 0.29) is 5.78 Å². The van der Waals surface area contributed by atoms with Crippen LogP contribution >= 0.6 is 0 Å². The number of ether oxygens (including phenoxy) is 2. The maximum atomic E-state index is 12.4. The van der Waals surface area contributed by atoms with Gasteiger partial charge >= 0.3 is 0 Å². The van der Waals surface area contributed by atoms with Gasteiger partial charge in [-0.15, -0.1) is 0 Å². The van der Waals surface area contributed by atoms with Gasteiger partial charge in [0.1, 0.15) is 11.5 Å². The zero-order chi connectivity index (χ0) is 15.4. The van der Waals surface area contributed by atoms with Crippen LogP contribution < -0.4 is 9.47 Å². The molecule has 110 valence electrons. The fourth-order valence-corrected chi connectivity index (χ4v) is 2.37. The summed E-state index contributed by atoms with van der Waals surface area (Å²) < 4.78 is 10.5. The van der Waals surface area contributed by atoms with Gasteiger partial charge in [0.15, 0.2) is 5.78 Å². The van der Waals surface area contributed by atoms with Crippen molar-refractivity contribution in [2.75, 3.05) is 14.2 Å². The van der Waals surface area contributed by atoms with Crippen LogP contribution in [0.15, 0.2) is 36.4 Å². The number of rotatable bonds is 5. The predicted molar refractivity (Wildman–Crippen MR) is 83.5 cm³/mol. The Morgan fingerprint density at radius 3 is 2.24 bits per heavy atom. The van der Waals surface area contributed by atoms with E-state index in [9.17, 15) is 4.79 Å². The largest absolute Gasteiger partial charge is 0.496 e. The van der Waals surface area contributed by atoms with Crippen LogP contribution in [0.25, 0.3) is 0 Å². The number of benzene rings is 2. The van der Waals surface area contributed by atoms with Crippen LogP contribution in [-0.2, 0) is 6.42 Å². The van der Waals surface area contributed by atoms with Gasteiger partial charge in [-0.2, -0.15) is 0 Å². The quantitative estimate of drug-likeness (QED) is 0.784. The summed E-state index contributed by atoms with van der Waals surface area (Å²) in [6, 6.07) is 11.4. The molecule has 0 aromatic heterocycles. The van der Waals surface area contributed by atoms with E-state index in [1.54, 1.807) is 20.3 Å². The minimum Gasteiger partial charge on any atom is -0.496 e. The van der Waals surface area contributed by atoms with Gasteiger partial charge in [0.25, 0.3) is 0 Å². The number of aryl methyl sites for hydroxylation is 2. The van der Waals surface area contributed by atoms with Crippen molar-refractivity contribution < 1.29 is 14.3 Å². The summed E-state index contributed by atoms with van der Waals surface area (Å²) in [7, 11) is 3.25. The molecule has 0 heterocycles. The van der Waals surface area contributed by atoms with Gasteiger partial charge in [-0.25, -0.2) is 0 Å². The van der Waals surface area contributed by atoms with Crippen molar-refractivity contribution in [3.63, 3.8) is 0 Å². The highest BCUT2D eigenvalue weighted by atomic mass is 16.5. The van der Waals surface area contributed by atoms with E-state index in [0.717, 1.165) is 28.2 Å². The Kier molecular flexibility index (Phi) is 4.63. The third-order valence-electron chi connectivity index (χ3n) is 3.50. The van der Waals surface area contributed by atoms with Crippen LogP contribution in [0.3, 0.4) is 0 Å². The average molecular weight is 284 g/mol. The van der Waals surface area contributed by atoms with E-state index in [0.29, 0.717) is 12.0 Å². The molecule has 2 aromatic carbocycles. The molecule has 0 saturated heterocycles. The molecular weight excluding hydrogens is 264 g/mol. The highest BCUT2D eigenvalue weighted by molar-refractivity contribution is 5.98. The second-order valence-electron chi connectivity index (χ2n) is 5.10. The van der Waals surface area contributed by atoms with E-state index in [2.05, 4.69) is 0 Å². The van der Waals surface area contributed by atoms with E-state index >= 15 is 0 Å². The first-order valence-electron chi connectivity index (χ1n) is 6.86. The molecule has 0 radical (unpaired) electrons. The molecule has 0 amide bonds. The molecule has 0 atom stereocenters. The molecule has 0 aliphatic heterocycles. The second-order valence-corrected chi connectivity index (χ2v) is 5.10. The highest BCUT2D eigenvalue weighted by Crippen LogP contribution is 2.23. The lowest BCUT2D eigenvalue weighted by atomic mass is 9.99. The van der Waals surface area contributed by atoms with Crippen LogP contribution in [0.1, 0.15) is 27.0 Å². The Morgan fingerprint density at radius 1 is 0.952 bits per heavy atom. The summed E-state index contributed by atoms with van der Waals surface area (Å²) in [4.78, 5) is 12.4. The molecule has 2 aromatic rings. The average Bonchev–Trinajstić information content (AvgIpc) is 2.47. The summed E-state index contributed by atoms with van der Waals surface area (Å²) >= 11 is 0. The molecule has 3 heteroatoms. The Balaban J connectivity index is 2.26. The molecule has 0 spiro atoms. The minimum absolute atomic E-state index is 0.0738. The number of ketones is 1. The molecule has 0 aliphatic rings. The van der Waals surface area contributed by atoms with E-state index < -0.39 is 0 Å². The van der Waals surface area contributed by atoms with Crippen molar-refractivity contribution >= 4 is 5.78 Å². The molecular formula is C18H20O3. The topological polar surface area (TPSA) is 35.5 Å². The summed E-state index contributed by atoms with van der Waals surface area (Å²) in [5.41, 5.74) is 3.68. The van der Waals surface area contributed by atoms with Crippen molar-refractivity contribution in [3.8, 4) is 11.5 Å². The predicted octanol–water partition coefficient (Wildman–Crippen LogP) is 3.75. The van der Waals surface area contributed by atoms with Crippen molar-refractivity contribution in [1.29, 1.82) is 0 Å². The Morgan fingerprint density at radius 2 is 1.62 bits per heavy atom. The van der Waals surface area contributed by atoms with E-state index in [1.165, 1.54) is 0 Å². The second kappa shape index (κ2) is 6.44. The third kappa shape index (κ3) is 3.43. The maximum Gasteiger partial charge on any atom is 0.167 e. The number of hydrogen-bond donors (Lipinski definition) is 0. The van der Waals surface area contributed by atoms with Crippen LogP contribution in [0.5, 0.6) is 11.5 Å². The normalized spacial score (nSPS) is 10.3. The summed E-state index contributed by atoms with van der Waals surface area (Å²) in [6.45, 7) is 3.94. The van der Waals surface area contributed by atoms with Crippen molar-refractivity contribution in [1.82, 2.24) is 0 Å². The molecule has 2 rings (SSSR count). The summed E-state index contributed by atoms with van der Waals surface area (Å²) in [6.07, 6.45) is 0.330. The Bertz CT molecular complexity index is 660. The van der Waals surface area contributed by atoms with Crippen LogP contribution in [-0.4, -0.2) is 20.0 Å². The molecule has 0 fully saturated rings. The van der Waals surface area contributed by atoms with E-state index in [4.69, 9.17) is 9.47 Å². The molecule has 0 saturated carbocycles. The lowest BCUT2D eigenvalue weighted by molar-refractivity contribution is 0.0992. The van der Waals surface area contributed by atoms with Crippen molar-refractivity contribution in [2.45, 2.75) is 20.3 Å². The van der Waals surface area contributed by atoms with Crippen molar-refractivity contribution in [2.24, 2.45) is 0 Å². The monoisotopic (exact) mass is 284 g/mol. The minimum atomic E-state index is 0.0738. The van der Waals surface area contributed by atoms with Gasteiger partial charge in [0.2, 0.25) is 0 Å². The molecule has 0 aliphatic carbocycles. The summed E-state index contributed by atoms with van der Waals surface area (Å²) in [5.74, 6) is 1.61. The van der Waals surface area contributed by atoms with Gasteiger partial charge in [0.05, 0.1) is 14.2 Å². The maximum absolute atomic E-state index is 12.4. The highest BCUT2D eigenvalue weighted by Gasteiger charge is 2.12. The lowest BCUT2D eigenvalue weighted by Gasteiger charge is -2.10. The number of hydrogen-bond acceptors (Lipinski definition) is 3. The lowest BCUT2D eigenvalue weighted by Crippen LogP contribution is -2.06. The van der Waals surface area contributed by atoms with Gasteiger partial charge < -0.3 is 9.47 Å². The zero-order valence-corrected chi connectivity index (χ0v) is 12.9. The molecule has 21 heavy (non-hydrogen) atoms. The molecule has 0 N–H and O–H groups in total. The zero-order valence-electron chi connectivity index (χ0n) is 12.9. The standard InChI is InChI=1S/C18H20O3/c1-12-5-7-18(21-4)15(9-12)11-16(19)14-6-8-17(20-3)13(2)10-14/h5-10H,11H2,1-4H3. The van der Waals surface area contributed by atoms with Gasteiger partial charge in [-0.3, -0.25) is 4.79 Å². The number of carbonyl (C=O) groups is 1. The van der Waals surface area contributed by atoms with Gasteiger partial charge in [-0.05, 0) is 43.7 Å². The van der Waals surface area contributed by atoms with Gasteiger partial charge in [-0.1, -0.05) is 17.7 Å². The van der Waals surface area contributed by atoms with Crippen LogP contribution in [0, 0.1) is 13.8 Å². The van der Waals surface area contributed by atoms with Crippen LogP contribution in [0.4, 0.5) is 0 Å². The number of methoxy groups -OCH3 is 2.